The third kappa shape index (κ3) is 2.52. The number of rotatable bonds is 3. The number of benzene rings is 1. The summed E-state index contributed by atoms with van der Waals surface area (Å²) in [5, 5.41) is 2.00. The van der Waals surface area contributed by atoms with Crippen molar-refractivity contribution in [2.75, 3.05) is 19.0 Å². The fraction of sp³-hybridized carbons (Fsp3) is 0.182. The Kier molecular flexibility index (Phi) is 3.28. The highest BCUT2D eigenvalue weighted by Crippen LogP contribution is 2.35. The molecule has 0 amide bonds. The Morgan fingerprint density at radius 2 is 2.07 bits per heavy atom. The highest BCUT2D eigenvalue weighted by atomic mass is 32.2. The summed E-state index contributed by atoms with van der Waals surface area (Å²) in [7, 11) is 4.11. The Balaban J connectivity index is 2.28. The molecule has 0 aliphatic rings. The van der Waals surface area contributed by atoms with Crippen LogP contribution in [0.4, 0.5) is 5.69 Å². The summed E-state index contributed by atoms with van der Waals surface area (Å²) in [4.78, 5) is 7.64. The first-order valence-electron chi connectivity index (χ1n) is 4.61. The lowest BCUT2D eigenvalue weighted by molar-refractivity contribution is 1.10. The maximum absolute atomic E-state index is 4.27. The number of para-hydroxylation sites is 1. The van der Waals surface area contributed by atoms with Crippen molar-refractivity contribution < 1.29 is 0 Å². The SMILES string of the molecule is CN(C)c1ccccc1Sc1nccs1. The van der Waals surface area contributed by atoms with E-state index in [4.69, 9.17) is 0 Å². The molecule has 1 aromatic carbocycles. The number of aromatic nitrogens is 1. The van der Waals surface area contributed by atoms with Crippen LogP contribution >= 0.6 is 23.1 Å². The molecule has 1 heterocycles. The largest absolute Gasteiger partial charge is 0.377 e. The molecule has 2 nitrogen and oxygen atoms in total. The molecule has 1 aromatic heterocycles. The maximum atomic E-state index is 4.27. The van der Waals surface area contributed by atoms with Crippen molar-refractivity contribution in [3.05, 3.63) is 35.8 Å². The topological polar surface area (TPSA) is 16.1 Å². The minimum atomic E-state index is 1.09. The Morgan fingerprint density at radius 3 is 2.73 bits per heavy atom. The number of thiazole rings is 1. The second kappa shape index (κ2) is 4.68. The Labute approximate surface area is 98.0 Å². The maximum Gasteiger partial charge on any atom is 0.154 e. The summed E-state index contributed by atoms with van der Waals surface area (Å²) in [5.41, 5.74) is 1.23. The zero-order chi connectivity index (χ0) is 10.7. The predicted octanol–water partition coefficient (Wildman–Crippen LogP) is 3.36. The van der Waals surface area contributed by atoms with E-state index in [0.717, 1.165) is 4.34 Å². The van der Waals surface area contributed by atoms with Gasteiger partial charge in [0.15, 0.2) is 4.34 Å². The third-order valence-electron chi connectivity index (χ3n) is 1.95. The fourth-order valence-corrected chi connectivity index (χ4v) is 3.06. The molecule has 0 saturated carbocycles. The summed E-state index contributed by atoms with van der Waals surface area (Å²) in [5.74, 6) is 0. The molecule has 2 rings (SSSR count). The molecule has 4 heteroatoms. The van der Waals surface area contributed by atoms with Crippen molar-refractivity contribution in [1.82, 2.24) is 4.98 Å². The molecule has 0 atom stereocenters. The van der Waals surface area contributed by atoms with Gasteiger partial charge in [-0.25, -0.2) is 4.98 Å². The summed E-state index contributed by atoms with van der Waals surface area (Å²) in [6.07, 6.45) is 1.84. The Bertz CT molecular complexity index is 424. The third-order valence-corrected chi connectivity index (χ3v) is 3.90. The molecule has 0 aliphatic heterocycles. The van der Waals surface area contributed by atoms with Gasteiger partial charge in [-0.15, -0.1) is 11.3 Å². The van der Waals surface area contributed by atoms with Crippen LogP contribution in [-0.2, 0) is 0 Å². The molecule has 0 aliphatic carbocycles. The molecule has 0 bridgehead atoms. The Morgan fingerprint density at radius 1 is 1.27 bits per heavy atom. The van der Waals surface area contributed by atoms with Crippen LogP contribution in [0.1, 0.15) is 0 Å². The summed E-state index contributed by atoms with van der Waals surface area (Å²) < 4.78 is 1.09. The molecular formula is C11H12N2S2. The predicted molar refractivity (Wildman–Crippen MR) is 67.0 cm³/mol. The lowest BCUT2D eigenvalue weighted by Crippen LogP contribution is -2.09. The second-order valence-electron chi connectivity index (χ2n) is 3.26. The quantitative estimate of drug-likeness (QED) is 0.813. The molecule has 2 aromatic rings. The molecule has 0 saturated heterocycles. The van der Waals surface area contributed by atoms with Crippen molar-refractivity contribution in [3.63, 3.8) is 0 Å². The van der Waals surface area contributed by atoms with Crippen molar-refractivity contribution in [3.8, 4) is 0 Å². The zero-order valence-electron chi connectivity index (χ0n) is 8.68. The second-order valence-corrected chi connectivity index (χ2v) is 5.45. The van der Waals surface area contributed by atoms with Crippen molar-refractivity contribution in [2.24, 2.45) is 0 Å². The summed E-state index contributed by atoms with van der Waals surface area (Å²) in [6, 6.07) is 8.36. The first kappa shape index (κ1) is 10.5. The van der Waals surface area contributed by atoms with Crippen LogP contribution in [-0.4, -0.2) is 19.1 Å². The van der Waals surface area contributed by atoms with E-state index in [2.05, 4.69) is 48.2 Å². The highest BCUT2D eigenvalue weighted by Gasteiger charge is 2.06. The van der Waals surface area contributed by atoms with Gasteiger partial charge in [0.05, 0.1) is 5.69 Å². The molecule has 0 spiro atoms. The number of anilines is 1. The van der Waals surface area contributed by atoms with E-state index in [1.54, 1.807) is 23.1 Å². The number of hydrogen-bond donors (Lipinski definition) is 0. The highest BCUT2D eigenvalue weighted by molar-refractivity contribution is 8.01. The van der Waals surface area contributed by atoms with Gasteiger partial charge in [0.2, 0.25) is 0 Å². The van der Waals surface area contributed by atoms with Crippen LogP contribution in [0.5, 0.6) is 0 Å². The minimum absolute atomic E-state index is 1.09. The van der Waals surface area contributed by atoms with Crippen molar-refractivity contribution in [2.45, 2.75) is 9.24 Å². The van der Waals surface area contributed by atoms with Crippen LogP contribution in [0.3, 0.4) is 0 Å². The van der Waals surface area contributed by atoms with Gasteiger partial charge in [-0.1, -0.05) is 23.9 Å². The Hall–Kier alpha value is -1.00. The van der Waals surface area contributed by atoms with Gasteiger partial charge in [-0.2, -0.15) is 0 Å². The van der Waals surface area contributed by atoms with E-state index in [9.17, 15) is 0 Å². The van der Waals surface area contributed by atoms with Crippen LogP contribution in [0, 0.1) is 0 Å². The van der Waals surface area contributed by atoms with Gasteiger partial charge in [-0.05, 0) is 12.1 Å². The van der Waals surface area contributed by atoms with E-state index < -0.39 is 0 Å². The van der Waals surface area contributed by atoms with Gasteiger partial charge < -0.3 is 4.90 Å². The molecule has 0 N–H and O–H groups in total. The number of hydrogen-bond acceptors (Lipinski definition) is 4. The van der Waals surface area contributed by atoms with Gasteiger partial charge in [0, 0.05) is 30.6 Å². The monoisotopic (exact) mass is 236 g/mol. The zero-order valence-corrected chi connectivity index (χ0v) is 10.3. The lowest BCUT2D eigenvalue weighted by atomic mass is 10.3. The van der Waals surface area contributed by atoms with Crippen LogP contribution < -0.4 is 4.90 Å². The van der Waals surface area contributed by atoms with E-state index in [1.807, 2.05) is 11.6 Å². The van der Waals surface area contributed by atoms with Crippen LogP contribution in [0.2, 0.25) is 0 Å². The fourth-order valence-electron chi connectivity index (χ4n) is 1.27. The first-order chi connectivity index (χ1) is 7.27. The number of nitrogens with zero attached hydrogens (tertiary/aromatic N) is 2. The minimum Gasteiger partial charge on any atom is -0.377 e. The standard InChI is InChI=1S/C11H12N2S2/c1-13(2)9-5-3-4-6-10(9)15-11-12-7-8-14-11/h3-8H,1-2H3. The normalized spacial score (nSPS) is 10.3. The van der Waals surface area contributed by atoms with E-state index in [1.165, 1.54) is 10.6 Å². The smallest absolute Gasteiger partial charge is 0.154 e. The van der Waals surface area contributed by atoms with E-state index >= 15 is 0 Å². The molecule has 0 radical (unpaired) electrons. The van der Waals surface area contributed by atoms with Gasteiger partial charge >= 0.3 is 0 Å². The molecular weight excluding hydrogens is 224 g/mol. The van der Waals surface area contributed by atoms with Gasteiger partial charge in [0.1, 0.15) is 0 Å². The van der Waals surface area contributed by atoms with Crippen LogP contribution in [0.15, 0.2) is 45.1 Å². The van der Waals surface area contributed by atoms with Crippen molar-refractivity contribution in [1.29, 1.82) is 0 Å². The average Bonchev–Trinajstić information content (AvgIpc) is 2.71. The average molecular weight is 236 g/mol. The first-order valence-corrected chi connectivity index (χ1v) is 6.30. The summed E-state index contributed by atoms with van der Waals surface area (Å²) in [6.45, 7) is 0. The lowest BCUT2D eigenvalue weighted by Gasteiger charge is -2.15. The van der Waals surface area contributed by atoms with Crippen molar-refractivity contribution >= 4 is 28.8 Å². The van der Waals surface area contributed by atoms with Crippen LogP contribution in [0.25, 0.3) is 0 Å². The van der Waals surface area contributed by atoms with E-state index in [-0.39, 0.29) is 0 Å². The molecule has 78 valence electrons. The molecule has 0 unspecified atom stereocenters. The van der Waals surface area contributed by atoms with Gasteiger partial charge in [0.25, 0.3) is 0 Å². The molecule has 15 heavy (non-hydrogen) atoms. The van der Waals surface area contributed by atoms with E-state index in [0.29, 0.717) is 0 Å². The summed E-state index contributed by atoms with van der Waals surface area (Å²) >= 11 is 3.39. The molecule has 0 fully saturated rings. The van der Waals surface area contributed by atoms with Gasteiger partial charge in [-0.3, -0.25) is 0 Å².